The normalized spacial score (nSPS) is 22.1. The van der Waals surface area contributed by atoms with Gasteiger partial charge >= 0.3 is 5.97 Å². The fraction of sp³-hybridized carbons (Fsp3) is 0.667. The number of aromatic nitrogens is 3. The van der Waals surface area contributed by atoms with Crippen molar-refractivity contribution in [3.63, 3.8) is 0 Å². The summed E-state index contributed by atoms with van der Waals surface area (Å²) in [5, 5.41) is 18.0. The van der Waals surface area contributed by atoms with Gasteiger partial charge in [-0.3, -0.25) is 9.89 Å². The van der Waals surface area contributed by atoms with Crippen molar-refractivity contribution < 1.29 is 19.4 Å². The molecule has 2 atom stereocenters. The van der Waals surface area contributed by atoms with E-state index in [1.54, 1.807) is 0 Å². The van der Waals surface area contributed by atoms with Crippen LogP contribution in [0.2, 0.25) is 0 Å². The summed E-state index contributed by atoms with van der Waals surface area (Å²) in [6, 6.07) is 0. The van der Waals surface area contributed by atoms with Crippen molar-refractivity contribution >= 4 is 11.9 Å². The number of ether oxygens (including phenoxy) is 1. The van der Waals surface area contributed by atoms with Gasteiger partial charge in [-0.2, -0.15) is 0 Å². The lowest BCUT2D eigenvalue weighted by atomic mass is 10.2. The Morgan fingerprint density at radius 2 is 2.25 bits per heavy atom. The van der Waals surface area contributed by atoms with Crippen molar-refractivity contribution in [1.29, 1.82) is 0 Å². The Morgan fingerprint density at radius 3 is 2.80 bits per heavy atom. The molecule has 0 bridgehead atoms. The molecule has 8 nitrogen and oxygen atoms in total. The molecule has 2 heterocycles. The maximum atomic E-state index is 11.8. The van der Waals surface area contributed by atoms with Gasteiger partial charge in [-0.1, -0.05) is 13.8 Å². The van der Waals surface area contributed by atoms with E-state index in [-0.39, 0.29) is 24.4 Å². The number of carbonyl (C=O) groups excluding carboxylic acids is 1. The molecular formula is C12H18N4O4. The Hall–Kier alpha value is -1.96. The van der Waals surface area contributed by atoms with Crippen molar-refractivity contribution in [3.05, 3.63) is 11.6 Å². The second-order valence-corrected chi connectivity index (χ2v) is 5.07. The number of H-pyrrole nitrogens is 1. The van der Waals surface area contributed by atoms with Crippen LogP contribution in [0.15, 0.2) is 0 Å². The van der Waals surface area contributed by atoms with Crippen LogP contribution in [0.3, 0.4) is 0 Å². The summed E-state index contributed by atoms with van der Waals surface area (Å²) in [5.41, 5.74) is 0. The fourth-order valence-corrected chi connectivity index (χ4v) is 1.96. The molecule has 1 saturated heterocycles. The van der Waals surface area contributed by atoms with Gasteiger partial charge in [0.05, 0.1) is 6.10 Å². The van der Waals surface area contributed by atoms with E-state index in [9.17, 15) is 9.59 Å². The highest BCUT2D eigenvalue weighted by atomic mass is 16.5. The first-order chi connectivity index (χ1) is 9.47. The molecule has 1 amide bonds. The lowest BCUT2D eigenvalue weighted by Crippen LogP contribution is -2.33. The van der Waals surface area contributed by atoms with E-state index in [1.807, 2.05) is 13.8 Å². The third-order valence-electron chi connectivity index (χ3n) is 3.13. The van der Waals surface area contributed by atoms with E-state index >= 15 is 0 Å². The summed E-state index contributed by atoms with van der Waals surface area (Å²) in [7, 11) is 0. The van der Waals surface area contributed by atoms with Crippen molar-refractivity contribution in [2.45, 2.75) is 44.8 Å². The van der Waals surface area contributed by atoms with Crippen molar-refractivity contribution in [2.75, 3.05) is 6.54 Å². The second kappa shape index (κ2) is 6.00. The predicted octanol–water partition coefficient (Wildman–Crippen LogP) is 0.290. The Bertz CT molecular complexity index is 499. The number of rotatable bonds is 5. The Morgan fingerprint density at radius 1 is 1.50 bits per heavy atom. The molecule has 8 heteroatoms. The van der Waals surface area contributed by atoms with Gasteiger partial charge in [0, 0.05) is 12.5 Å². The lowest BCUT2D eigenvalue weighted by Gasteiger charge is -2.11. The van der Waals surface area contributed by atoms with Gasteiger partial charge in [0.1, 0.15) is 5.82 Å². The van der Waals surface area contributed by atoms with E-state index in [2.05, 4.69) is 20.5 Å². The first kappa shape index (κ1) is 14.4. The standard InChI is InChI=1S/C12H18N4O4/c1-6(2)9-14-10(16-15-9)11(17)13-5-7-3-4-8(20-7)12(18)19/h6-8H,3-5H2,1-2H3,(H,13,17)(H,18,19)(H,14,15,16). The molecule has 110 valence electrons. The number of aliphatic carboxylic acids is 1. The Balaban J connectivity index is 1.82. The SMILES string of the molecule is CC(C)c1nc(C(=O)NCC2CCC(C(=O)O)O2)n[nH]1. The van der Waals surface area contributed by atoms with E-state index in [4.69, 9.17) is 9.84 Å². The minimum atomic E-state index is -0.964. The van der Waals surface area contributed by atoms with Crippen LogP contribution in [0.4, 0.5) is 0 Å². The Kier molecular flexibility index (Phi) is 4.33. The molecule has 0 radical (unpaired) electrons. The zero-order chi connectivity index (χ0) is 14.7. The quantitative estimate of drug-likeness (QED) is 0.714. The lowest BCUT2D eigenvalue weighted by molar-refractivity contribution is -0.149. The zero-order valence-electron chi connectivity index (χ0n) is 11.4. The fourth-order valence-electron chi connectivity index (χ4n) is 1.96. The van der Waals surface area contributed by atoms with E-state index in [1.165, 1.54) is 0 Å². The summed E-state index contributed by atoms with van der Waals surface area (Å²) >= 11 is 0. The summed E-state index contributed by atoms with van der Waals surface area (Å²) in [4.78, 5) is 26.6. The third-order valence-corrected chi connectivity index (χ3v) is 3.13. The van der Waals surface area contributed by atoms with E-state index in [0.717, 1.165) is 0 Å². The molecule has 2 rings (SSSR count). The molecule has 2 unspecified atom stereocenters. The molecule has 0 aliphatic carbocycles. The third kappa shape index (κ3) is 3.32. The van der Waals surface area contributed by atoms with Gasteiger partial charge in [-0.15, -0.1) is 5.10 Å². The van der Waals surface area contributed by atoms with Crippen molar-refractivity contribution in [1.82, 2.24) is 20.5 Å². The number of nitrogens with one attached hydrogen (secondary N) is 2. The first-order valence-corrected chi connectivity index (χ1v) is 6.56. The van der Waals surface area contributed by atoms with E-state index < -0.39 is 18.0 Å². The Labute approximate surface area is 115 Å². The number of aromatic amines is 1. The first-order valence-electron chi connectivity index (χ1n) is 6.56. The number of amides is 1. The average Bonchev–Trinajstić information content (AvgIpc) is 3.05. The van der Waals surface area contributed by atoms with Gasteiger partial charge in [0.15, 0.2) is 6.10 Å². The molecule has 3 N–H and O–H groups in total. The number of hydrogen-bond acceptors (Lipinski definition) is 5. The van der Waals surface area contributed by atoms with Crippen LogP contribution in [0.25, 0.3) is 0 Å². The number of nitrogens with zero attached hydrogens (tertiary/aromatic N) is 2. The molecule has 1 aromatic heterocycles. The van der Waals surface area contributed by atoms with Gasteiger partial charge in [0.25, 0.3) is 5.91 Å². The van der Waals surface area contributed by atoms with Crippen LogP contribution >= 0.6 is 0 Å². The molecule has 1 aliphatic rings. The molecule has 1 aromatic rings. The zero-order valence-corrected chi connectivity index (χ0v) is 11.4. The average molecular weight is 282 g/mol. The van der Waals surface area contributed by atoms with Gasteiger partial charge in [0.2, 0.25) is 5.82 Å². The summed E-state index contributed by atoms with van der Waals surface area (Å²) in [6.07, 6.45) is 0.0350. The van der Waals surface area contributed by atoms with Crippen molar-refractivity contribution in [2.24, 2.45) is 0 Å². The van der Waals surface area contributed by atoms with Crippen LogP contribution in [-0.4, -0.2) is 50.9 Å². The number of carboxylic acids is 1. The van der Waals surface area contributed by atoms with Crippen molar-refractivity contribution in [3.8, 4) is 0 Å². The molecule has 0 aromatic carbocycles. The summed E-state index contributed by atoms with van der Waals surface area (Å²) in [6.45, 7) is 4.15. The molecule has 20 heavy (non-hydrogen) atoms. The second-order valence-electron chi connectivity index (χ2n) is 5.07. The minimum absolute atomic E-state index is 0.0847. The van der Waals surface area contributed by atoms with Gasteiger partial charge < -0.3 is 15.2 Å². The van der Waals surface area contributed by atoms with Crippen LogP contribution in [0.5, 0.6) is 0 Å². The highest BCUT2D eigenvalue weighted by Gasteiger charge is 2.30. The smallest absolute Gasteiger partial charge is 0.332 e. The molecule has 1 aliphatic heterocycles. The molecular weight excluding hydrogens is 264 g/mol. The minimum Gasteiger partial charge on any atom is -0.479 e. The predicted molar refractivity (Wildman–Crippen MR) is 68.3 cm³/mol. The topological polar surface area (TPSA) is 117 Å². The van der Waals surface area contributed by atoms with Gasteiger partial charge in [-0.05, 0) is 12.8 Å². The monoisotopic (exact) mass is 282 g/mol. The van der Waals surface area contributed by atoms with Gasteiger partial charge in [-0.25, -0.2) is 9.78 Å². The summed E-state index contributed by atoms with van der Waals surface area (Å²) in [5.74, 6) is -0.455. The number of carboxylic acid groups (broad SMARTS) is 1. The van der Waals surface area contributed by atoms with Crippen LogP contribution in [-0.2, 0) is 9.53 Å². The highest BCUT2D eigenvalue weighted by molar-refractivity contribution is 5.90. The number of hydrogen-bond donors (Lipinski definition) is 3. The highest BCUT2D eigenvalue weighted by Crippen LogP contribution is 2.19. The largest absolute Gasteiger partial charge is 0.479 e. The molecule has 0 saturated carbocycles. The van der Waals surface area contributed by atoms with Crippen LogP contribution in [0, 0.1) is 0 Å². The summed E-state index contributed by atoms with van der Waals surface area (Å²) < 4.78 is 5.29. The maximum absolute atomic E-state index is 11.8. The maximum Gasteiger partial charge on any atom is 0.332 e. The molecule has 1 fully saturated rings. The number of carbonyl (C=O) groups is 2. The molecule has 0 spiro atoms. The van der Waals surface area contributed by atoms with Crippen LogP contribution in [0.1, 0.15) is 49.1 Å². The van der Waals surface area contributed by atoms with E-state index in [0.29, 0.717) is 18.7 Å². The van der Waals surface area contributed by atoms with Crippen LogP contribution < -0.4 is 5.32 Å².